The number of thiophene rings is 1. The smallest absolute Gasteiger partial charge is 0.0540 e. The molecule has 0 spiro atoms. The molecule has 2 nitrogen and oxygen atoms in total. The summed E-state index contributed by atoms with van der Waals surface area (Å²) in [4.78, 5) is 4.83. The second-order valence-corrected chi connectivity index (χ2v) is 24.0. The third-order valence-electron chi connectivity index (χ3n) is 17.4. The third kappa shape index (κ3) is 8.22. The van der Waals surface area contributed by atoms with Crippen molar-refractivity contribution in [1.29, 1.82) is 0 Å². The summed E-state index contributed by atoms with van der Waals surface area (Å²) >= 11 is 1.87. The number of anilines is 6. The summed E-state index contributed by atoms with van der Waals surface area (Å²) < 4.78 is 2.61. The summed E-state index contributed by atoms with van der Waals surface area (Å²) in [6.07, 6.45) is 9.13. The standard InChI is InChI=1S/C78H58N2S/c1-77(2)69-47-53(33-39-63(69)65-41-37-59(49-71(65)77)79(57-21-7-5-8-22-57)73-27-15-19-55-17-11-13-25-61(55)73)31-29-51-35-43-75-67(45-51)68-46-52(36-44-76(68)81-75)30-32-54-34-40-64-66-42-38-60(50-72(66)78(3,4)70(64)48-54)80(58-23-9-6-10-24-58)74-28-16-20-56-18-12-14-26-62(56)74/h5-50H,1-4H3. The van der Waals surface area contributed by atoms with Crippen molar-refractivity contribution in [2.45, 2.75) is 38.5 Å². The van der Waals surface area contributed by atoms with Gasteiger partial charge in [-0.1, -0.05) is 222 Å². The van der Waals surface area contributed by atoms with Gasteiger partial charge < -0.3 is 9.80 Å². The lowest BCUT2D eigenvalue weighted by molar-refractivity contribution is 0.660. The molecule has 0 atom stereocenters. The van der Waals surface area contributed by atoms with Crippen LogP contribution in [0.5, 0.6) is 0 Å². The Balaban J connectivity index is 0.690. The number of para-hydroxylation sites is 2. The minimum atomic E-state index is -0.189. The molecule has 2 aliphatic rings. The molecular formula is C78H58N2S. The summed E-state index contributed by atoms with van der Waals surface area (Å²) in [6, 6.07) is 94.1. The molecule has 0 N–H and O–H groups in total. The van der Waals surface area contributed by atoms with E-state index in [0.29, 0.717) is 0 Å². The highest BCUT2D eigenvalue weighted by Crippen LogP contribution is 2.53. The lowest BCUT2D eigenvalue weighted by Gasteiger charge is -2.29. The molecule has 386 valence electrons. The Morgan fingerprint density at radius 1 is 0.284 bits per heavy atom. The van der Waals surface area contributed by atoms with Crippen LogP contribution in [0, 0.1) is 0 Å². The maximum absolute atomic E-state index is 2.43. The van der Waals surface area contributed by atoms with Gasteiger partial charge >= 0.3 is 0 Å². The Morgan fingerprint density at radius 2 is 0.630 bits per heavy atom. The summed E-state index contributed by atoms with van der Waals surface area (Å²) in [5.74, 6) is 0. The van der Waals surface area contributed by atoms with Crippen molar-refractivity contribution in [3.63, 3.8) is 0 Å². The number of fused-ring (bicyclic) bond motifs is 11. The van der Waals surface area contributed by atoms with E-state index in [-0.39, 0.29) is 10.8 Å². The van der Waals surface area contributed by atoms with Crippen LogP contribution in [-0.4, -0.2) is 0 Å². The van der Waals surface area contributed by atoms with E-state index in [4.69, 9.17) is 0 Å². The van der Waals surface area contributed by atoms with Crippen LogP contribution in [0.1, 0.15) is 72.2 Å². The zero-order valence-electron chi connectivity index (χ0n) is 45.9. The summed E-state index contributed by atoms with van der Waals surface area (Å²) in [5.41, 5.74) is 22.0. The Morgan fingerprint density at radius 3 is 1.06 bits per heavy atom. The van der Waals surface area contributed by atoms with Crippen molar-refractivity contribution in [3.05, 3.63) is 299 Å². The van der Waals surface area contributed by atoms with Gasteiger partial charge in [-0.15, -0.1) is 11.3 Å². The summed E-state index contributed by atoms with van der Waals surface area (Å²) in [6.45, 7) is 9.53. The average molecular weight is 1060 g/mol. The predicted molar refractivity (Wildman–Crippen MR) is 350 cm³/mol. The molecule has 12 aromatic carbocycles. The zero-order chi connectivity index (χ0) is 54.4. The molecule has 2 aliphatic carbocycles. The Hall–Kier alpha value is -9.54. The second kappa shape index (κ2) is 19.1. The number of hydrogen-bond acceptors (Lipinski definition) is 3. The largest absolute Gasteiger partial charge is 0.310 e. The molecule has 1 heterocycles. The molecule has 15 rings (SSSR count). The SMILES string of the molecule is CC1(C)c2cc(C=Cc3ccc4sc5ccc(C=Cc6ccc7c(c6)C(C)(C)c6cc(N(c8ccccc8)c8cccc9ccccc89)ccc6-7)cc5c4c3)ccc2-c2ccc(N(c3ccccc3)c3cccc4ccccc34)cc21. The Labute approximate surface area is 478 Å². The van der Waals surface area contributed by atoms with Crippen molar-refractivity contribution in [2.75, 3.05) is 9.80 Å². The van der Waals surface area contributed by atoms with Crippen LogP contribution in [0.2, 0.25) is 0 Å². The first-order valence-corrected chi connectivity index (χ1v) is 29.0. The van der Waals surface area contributed by atoms with E-state index in [1.54, 1.807) is 0 Å². The first kappa shape index (κ1) is 48.6. The highest BCUT2D eigenvalue weighted by Gasteiger charge is 2.38. The van der Waals surface area contributed by atoms with E-state index in [2.05, 4.69) is 317 Å². The molecule has 81 heavy (non-hydrogen) atoms. The van der Waals surface area contributed by atoms with E-state index >= 15 is 0 Å². The van der Waals surface area contributed by atoms with Gasteiger partial charge in [-0.2, -0.15) is 0 Å². The van der Waals surface area contributed by atoms with Gasteiger partial charge in [0.25, 0.3) is 0 Å². The molecule has 0 fully saturated rings. The highest BCUT2D eigenvalue weighted by atomic mass is 32.1. The molecule has 0 saturated heterocycles. The van der Waals surface area contributed by atoms with Crippen LogP contribution in [0.25, 0.3) is 88.3 Å². The molecule has 1 aromatic heterocycles. The number of hydrogen-bond donors (Lipinski definition) is 0. The second-order valence-electron chi connectivity index (χ2n) is 22.9. The minimum Gasteiger partial charge on any atom is -0.310 e. The van der Waals surface area contributed by atoms with Crippen LogP contribution in [0.4, 0.5) is 34.1 Å². The Bertz CT molecular complexity index is 4400. The first-order chi connectivity index (χ1) is 39.6. The van der Waals surface area contributed by atoms with E-state index in [0.717, 1.165) is 22.7 Å². The molecule has 3 heteroatoms. The fourth-order valence-corrected chi connectivity index (χ4v) is 14.3. The van der Waals surface area contributed by atoms with Gasteiger partial charge in [0.2, 0.25) is 0 Å². The van der Waals surface area contributed by atoms with E-state index in [1.165, 1.54) is 120 Å². The molecular weight excluding hydrogens is 997 g/mol. The first-order valence-electron chi connectivity index (χ1n) is 28.2. The van der Waals surface area contributed by atoms with E-state index < -0.39 is 0 Å². The van der Waals surface area contributed by atoms with Crippen LogP contribution < -0.4 is 9.80 Å². The fraction of sp³-hybridized carbons (Fsp3) is 0.0769. The number of rotatable bonds is 10. The van der Waals surface area contributed by atoms with Gasteiger partial charge in [0.05, 0.1) is 11.4 Å². The lowest BCUT2D eigenvalue weighted by Crippen LogP contribution is -2.16. The minimum absolute atomic E-state index is 0.189. The molecule has 0 bridgehead atoms. The van der Waals surface area contributed by atoms with Crippen molar-refractivity contribution >= 4 is 111 Å². The van der Waals surface area contributed by atoms with Gasteiger partial charge in [0, 0.05) is 64.5 Å². The zero-order valence-corrected chi connectivity index (χ0v) is 46.7. The van der Waals surface area contributed by atoms with Gasteiger partial charge in [-0.25, -0.2) is 0 Å². The maximum atomic E-state index is 2.43. The normalized spacial score (nSPS) is 13.8. The maximum Gasteiger partial charge on any atom is 0.0540 e. The highest BCUT2D eigenvalue weighted by molar-refractivity contribution is 7.25. The van der Waals surface area contributed by atoms with Crippen molar-refractivity contribution < 1.29 is 0 Å². The lowest BCUT2D eigenvalue weighted by atomic mass is 9.81. The van der Waals surface area contributed by atoms with E-state index in [1.807, 2.05) is 11.3 Å². The van der Waals surface area contributed by atoms with Crippen LogP contribution in [-0.2, 0) is 10.8 Å². The topological polar surface area (TPSA) is 6.48 Å². The van der Waals surface area contributed by atoms with Gasteiger partial charge in [0.1, 0.15) is 0 Å². The average Bonchev–Trinajstić information content (AvgIpc) is 4.30. The monoisotopic (exact) mass is 1050 g/mol. The number of nitrogens with zero attached hydrogens (tertiary/aromatic N) is 2. The molecule has 0 unspecified atom stereocenters. The molecule has 0 radical (unpaired) electrons. The van der Waals surface area contributed by atoms with Crippen LogP contribution in [0.3, 0.4) is 0 Å². The Kier molecular flexibility index (Phi) is 11.4. The number of benzene rings is 12. The van der Waals surface area contributed by atoms with Crippen molar-refractivity contribution in [2.24, 2.45) is 0 Å². The van der Waals surface area contributed by atoms with E-state index in [9.17, 15) is 0 Å². The molecule has 0 saturated carbocycles. The van der Waals surface area contributed by atoms with Crippen LogP contribution >= 0.6 is 11.3 Å². The molecule has 0 aliphatic heterocycles. The van der Waals surface area contributed by atoms with Gasteiger partial charge in [-0.3, -0.25) is 0 Å². The fourth-order valence-electron chi connectivity index (χ4n) is 13.2. The quantitative estimate of drug-likeness (QED) is 0.126. The van der Waals surface area contributed by atoms with Crippen LogP contribution in [0.15, 0.2) is 255 Å². The molecule has 13 aromatic rings. The molecule has 0 amide bonds. The third-order valence-corrected chi connectivity index (χ3v) is 18.5. The van der Waals surface area contributed by atoms with Crippen molar-refractivity contribution in [1.82, 2.24) is 0 Å². The predicted octanol–water partition coefficient (Wildman–Crippen LogP) is 22.3. The van der Waals surface area contributed by atoms with Crippen molar-refractivity contribution in [3.8, 4) is 22.3 Å². The van der Waals surface area contributed by atoms with Gasteiger partial charge in [0.15, 0.2) is 0 Å². The van der Waals surface area contributed by atoms with Gasteiger partial charge in [-0.05, 0) is 162 Å². The summed E-state index contributed by atoms with van der Waals surface area (Å²) in [5, 5.41) is 7.52. The summed E-state index contributed by atoms with van der Waals surface area (Å²) in [7, 11) is 0.